The van der Waals surface area contributed by atoms with Crippen LogP contribution >= 0.6 is 11.3 Å². The fraction of sp³-hybridized carbons (Fsp3) is 0.368. The monoisotopic (exact) mass is 385 g/mol. The summed E-state index contributed by atoms with van der Waals surface area (Å²) in [7, 11) is 0. The summed E-state index contributed by atoms with van der Waals surface area (Å²) in [6, 6.07) is 0. The van der Waals surface area contributed by atoms with Crippen molar-refractivity contribution in [1.29, 1.82) is 0 Å². The number of hydrogen-bond acceptors (Lipinski definition) is 7. The molecule has 2 N–H and O–H groups in total. The highest BCUT2D eigenvalue weighted by molar-refractivity contribution is 7.18. The maximum absolute atomic E-state index is 12.2. The van der Waals surface area contributed by atoms with Crippen molar-refractivity contribution in [2.24, 2.45) is 5.10 Å². The Morgan fingerprint density at radius 3 is 2.70 bits per heavy atom. The number of anilines is 1. The number of esters is 1. The van der Waals surface area contributed by atoms with Crippen molar-refractivity contribution in [2.45, 2.75) is 41.5 Å². The van der Waals surface area contributed by atoms with Crippen molar-refractivity contribution in [3.8, 4) is 0 Å². The number of thiophene rings is 1. The lowest BCUT2D eigenvalue weighted by molar-refractivity contribution is 0.0525. The molecular weight excluding hydrogens is 362 g/mol. The van der Waals surface area contributed by atoms with Gasteiger partial charge in [0.2, 0.25) is 0 Å². The largest absolute Gasteiger partial charge is 0.462 e. The topological polar surface area (TPSA) is 92.3 Å². The standard InChI is InChI=1S/C19H23N5O2S/c1-7-26-19(25)14-10(3)16(22-11(14)4)12(5)23-24-17-15-9(2)13(6)27-18(15)21-8-20-17/h8,22H,7H2,1-6H3,(H,20,21,24)/b23-12+. The number of rotatable bonds is 5. The summed E-state index contributed by atoms with van der Waals surface area (Å²) >= 11 is 1.64. The molecule has 0 bridgehead atoms. The number of aromatic amines is 1. The fourth-order valence-corrected chi connectivity index (χ4v) is 4.08. The molecule has 8 heteroatoms. The van der Waals surface area contributed by atoms with Crippen LogP contribution in [0.2, 0.25) is 0 Å². The highest BCUT2D eigenvalue weighted by Crippen LogP contribution is 2.32. The number of ether oxygens (including phenoxy) is 1. The summed E-state index contributed by atoms with van der Waals surface area (Å²) < 4.78 is 5.15. The first-order valence-electron chi connectivity index (χ1n) is 8.72. The van der Waals surface area contributed by atoms with Gasteiger partial charge in [0.1, 0.15) is 11.2 Å². The first-order chi connectivity index (χ1) is 12.8. The van der Waals surface area contributed by atoms with Gasteiger partial charge in [0.05, 0.1) is 29.0 Å². The maximum Gasteiger partial charge on any atom is 0.340 e. The number of H-pyrrole nitrogens is 1. The van der Waals surface area contributed by atoms with E-state index in [0.29, 0.717) is 18.0 Å². The molecule has 142 valence electrons. The molecule has 0 unspecified atom stereocenters. The van der Waals surface area contributed by atoms with Gasteiger partial charge in [-0.25, -0.2) is 14.8 Å². The van der Waals surface area contributed by atoms with Crippen LogP contribution in [0.25, 0.3) is 10.2 Å². The molecule has 0 aliphatic rings. The smallest absolute Gasteiger partial charge is 0.340 e. The van der Waals surface area contributed by atoms with Gasteiger partial charge in [-0.2, -0.15) is 5.10 Å². The minimum atomic E-state index is -0.322. The van der Waals surface area contributed by atoms with E-state index in [0.717, 1.165) is 38.4 Å². The van der Waals surface area contributed by atoms with E-state index < -0.39 is 0 Å². The lowest BCUT2D eigenvalue weighted by Crippen LogP contribution is -2.07. The van der Waals surface area contributed by atoms with E-state index >= 15 is 0 Å². The van der Waals surface area contributed by atoms with Crippen LogP contribution in [-0.2, 0) is 4.74 Å². The highest BCUT2D eigenvalue weighted by Gasteiger charge is 2.20. The van der Waals surface area contributed by atoms with Gasteiger partial charge in [-0.3, -0.25) is 5.43 Å². The van der Waals surface area contributed by atoms with Crippen molar-refractivity contribution < 1.29 is 9.53 Å². The summed E-state index contributed by atoms with van der Waals surface area (Å²) in [4.78, 5) is 26.2. The lowest BCUT2D eigenvalue weighted by atomic mass is 10.1. The van der Waals surface area contributed by atoms with E-state index in [9.17, 15) is 4.79 Å². The quantitative estimate of drug-likeness (QED) is 0.389. The summed E-state index contributed by atoms with van der Waals surface area (Å²) in [6.45, 7) is 11.9. The van der Waals surface area contributed by atoms with E-state index in [1.807, 2.05) is 20.8 Å². The Bertz CT molecular complexity index is 1050. The molecule has 0 radical (unpaired) electrons. The Morgan fingerprint density at radius 1 is 1.26 bits per heavy atom. The third kappa shape index (κ3) is 3.44. The number of fused-ring (bicyclic) bond motifs is 1. The van der Waals surface area contributed by atoms with Gasteiger partial charge in [-0.15, -0.1) is 11.3 Å². The molecule has 3 rings (SSSR count). The first-order valence-corrected chi connectivity index (χ1v) is 9.54. The third-order valence-corrected chi connectivity index (χ3v) is 5.69. The number of aryl methyl sites for hydroxylation is 3. The van der Waals surface area contributed by atoms with E-state index in [1.165, 1.54) is 11.2 Å². The number of carbonyl (C=O) groups is 1. The number of nitrogens with one attached hydrogen (secondary N) is 2. The maximum atomic E-state index is 12.2. The van der Waals surface area contributed by atoms with Gasteiger partial charge in [0, 0.05) is 10.6 Å². The summed E-state index contributed by atoms with van der Waals surface area (Å²) in [6.07, 6.45) is 1.54. The second-order valence-electron chi connectivity index (χ2n) is 6.34. The van der Waals surface area contributed by atoms with Gasteiger partial charge in [0.25, 0.3) is 0 Å². The minimum Gasteiger partial charge on any atom is -0.462 e. The SMILES string of the molecule is CCOC(=O)c1c(C)[nH]c(/C(C)=N/Nc2ncnc3sc(C)c(C)c23)c1C. The molecule has 0 fully saturated rings. The number of nitrogens with zero attached hydrogens (tertiary/aromatic N) is 3. The molecule has 0 atom stereocenters. The van der Waals surface area contributed by atoms with E-state index in [-0.39, 0.29) is 5.97 Å². The fourth-order valence-electron chi connectivity index (χ4n) is 3.08. The predicted octanol–water partition coefficient (Wildman–Crippen LogP) is 4.27. The van der Waals surface area contributed by atoms with Crippen molar-refractivity contribution in [3.05, 3.63) is 39.3 Å². The average molecular weight is 385 g/mol. The van der Waals surface area contributed by atoms with E-state index in [4.69, 9.17) is 4.74 Å². The van der Waals surface area contributed by atoms with Crippen LogP contribution < -0.4 is 5.43 Å². The molecule has 0 saturated heterocycles. The van der Waals surface area contributed by atoms with Gasteiger partial charge >= 0.3 is 5.97 Å². The molecule has 0 spiro atoms. The molecule has 3 heterocycles. The van der Waals surface area contributed by atoms with Crippen LogP contribution in [0.1, 0.15) is 51.6 Å². The van der Waals surface area contributed by atoms with Gasteiger partial charge < -0.3 is 9.72 Å². The molecule has 0 aliphatic heterocycles. The average Bonchev–Trinajstić information content (AvgIpc) is 3.09. The Labute approximate surface area is 161 Å². The number of hydrazone groups is 1. The molecule has 0 saturated carbocycles. The van der Waals surface area contributed by atoms with Gasteiger partial charge in [0.15, 0.2) is 5.82 Å². The van der Waals surface area contributed by atoms with Crippen LogP contribution in [0.3, 0.4) is 0 Å². The number of hydrogen-bond donors (Lipinski definition) is 2. The zero-order valence-electron chi connectivity index (χ0n) is 16.4. The molecule has 0 amide bonds. The normalized spacial score (nSPS) is 11.9. The van der Waals surface area contributed by atoms with Gasteiger partial charge in [-0.1, -0.05) is 0 Å². The predicted molar refractivity (Wildman–Crippen MR) is 109 cm³/mol. The van der Waals surface area contributed by atoms with Crippen molar-refractivity contribution >= 4 is 39.1 Å². The van der Waals surface area contributed by atoms with Crippen LogP contribution in [0.5, 0.6) is 0 Å². The van der Waals surface area contributed by atoms with E-state index in [1.54, 1.807) is 18.3 Å². The van der Waals surface area contributed by atoms with Crippen LogP contribution in [0.4, 0.5) is 5.82 Å². The molecule has 0 aliphatic carbocycles. The van der Waals surface area contributed by atoms with Crippen LogP contribution in [0, 0.1) is 27.7 Å². The van der Waals surface area contributed by atoms with Gasteiger partial charge in [-0.05, 0) is 52.7 Å². The third-order valence-electron chi connectivity index (χ3n) is 4.57. The second-order valence-corrected chi connectivity index (χ2v) is 7.54. The molecular formula is C19H23N5O2S. The molecule has 3 aromatic heterocycles. The second kappa shape index (κ2) is 7.48. The summed E-state index contributed by atoms with van der Waals surface area (Å²) in [5, 5.41) is 5.47. The molecule has 27 heavy (non-hydrogen) atoms. The number of carbonyl (C=O) groups excluding carboxylic acids is 1. The Kier molecular flexibility index (Phi) is 5.27. The lowest BCUT2D eigenvalue weighted by Gasteiger charge is -2.05. The van der Waals surface area contributed by atoms with Crippen LogP contribution in [0.15, 0.2) is 11.4 Å². The zero-order valence-corrected chi connectivity index (χ0v) is 17.2. The molecule has 0 aromatic carbocycles. The molecule has 3 aromatic rings. The number of aromatic nitrogens is 3. The Morgan fingerprint density at radius 2 is 2.00 bits per heavy atom. The summed E-state index contributed by atoms with van der Waals surface area (Å²) in [5.41, 5.74) is 7.89. The Hall–Kier alpha value is -2.74. The molecule has 7 nitrogen and oxygen atoms in total. The minimum absolute atomic E-state index is 0.322. The zero-order chi connectivity index (χ0) is 19.7. The highest BCUT2D eigenvalue weighted by atomic mass is 32.1. The first kappa shape index (κ1) is 19.0. The van der Waals surface area contributed by atoms with Crippen molar-refractivity contribution in [3.63, 3.8) is 0 Å². The van der Waals surface area contributed by atoms with E-state index in [2.05, 4.69) is 39.3 Å². The Balaban J connectivity index is 1.94. The summed E-state index contributed by atoms with van der Waals surface area (Å²) in [5.74, 6) is 0.352. The van der Waals surface area contributed by atoms with Crippen LogP contribution in [-0.4, -0.2) is 33.2 Å². The van der Waals surface area contributed by atoms with Crippen molar-refractivity contribution in [2.75, 3.05) is 12.0 Å². The van der Waals surface area contributed by atoms with Crippen molar-refractivity contribution in [1.82, 2.24) is 15.0 Å².